The lowest BCUT2D eigenvalue weighted by molar-refractivity contribution is 0.297. The van der Waals surface area contributed by atoms with Crippen LogP contribution in [0.4, 0.5) is 0 Å². The van der Waals surface area contributed by atoms with Gasteiger partial charge >= 0.3 is 0 Å². The Morgan fingerprint density at radius 1 is 1.42 bits per heavy atom. The van der Waals surface area contributed by atoms with Crippen molar-refractivity contribution >= 4 is 11.6 Å². The van der Waals surface area contributed by atoms with Crippen LogP contribution in [0.2, 0.25) is 5.02 Å². The van der Waals surface area contributed by atoms with Crippen LogP contribution in [-0.4, -0.2) is 5.16 Å². The first kappa shape index (κ1) is 13.9. The van der Waals surface area contributed by atoms with Crippen LogP contribution in [0, 0.1) is 13.8 Å². The van der Waals surface area contributed by atoms with Crippen LogP contribution in [0.3, 0.4) is 0 Å². The minimum Gasteiger partial charge on any atom is -0.488 e. The summed E-state index contributed by atoms with van der Waals surface area (Å²) in [5.74, 6) is 1.51. The predicted molar refractivity (Wildman–Crippen MR) is 74.4 cm³/mol. The van der Waals surface area contributed by atoms with Crippen molar-refractivity contribution in [2.75, 3.05) is 0 Å². The average Bonchev–Trinajstić information content (AvgIpc) is 2.68. The SMILES string of the molecule is Cc1noc(C)c1COc1ccc(Cl)cc1[C@@H](C)N. The van der Waals surface area contributed by atoms with Crippen LogP contribution in [0.25, 0.3) is 0 Å². The highest BCUT2D eigenvalue weighted by Crippen LogP contribution is 2.28. The Balaban J connectivity index is 2.20. The first-order valence-electron chi connectivity index (χ1n) is 6.08. The van der Waals surface area contributed by atoms with Crippen molar-refractivity contribution in [3.05, 3.63) is 45.8 Å². The van der Waals surface area contributed by atoms with Gasteiger partial charge in [-0.05, 0) is 39.0 Å². The molecule has 0 fully saturated rings. The number of aromatic nitrogens is 1. The summed E-state index contributed by atoms with van der Waals surface area (Å²) in [6, 6.07) is 5.31. The number of ether oxygens (including phenoxy) is 1. The monoisotopic (exact) mass is 280 g/mol. The summed E-state index contributed by atoms with van der Waals surface area (Å²) in [7, 11) is 0. The van der Waals surface area contributed by atoms with Crippen LogP contribution in [0.15, 0.2) is 22.7 Å². The maximum Gasteiger partial charge on any atom is 0.140 e. The zero-order valence-corrected chi connectivity index (χ0v) is 12.0. The predicted octanol–water partition coefficient (Wildman–Crippen LogP) is 3.54. The van der Waals surface area contributed by atoms with Gasteiger partial charge in [0.05, 0.1) is 11.3 Å². The van der Waals surface area contributed by atoms with E-state index in [4.69, 9.17) is 26.6 Å². The number of hydrogen-bond acceptors (Lipinski definition) is 4. The molecule has 5 heteroatoms. The van der Waals surface area contributed by atoms with Gasteiger partial charge in [-0.25, -0.2) is 0 Å². The minimum absolute atomic E-state index is 0.140. The molecule has 0 radical (unpaired) electrons. The van der Waals surface area contributed by atoms with Crippen molar-refractivity contribution in [3.8, 4) is 5.75 Å². The van der Waals surface area contributed by atoms with Gasteiger partial charge < -0.3 is 15.0 Å². The summed E-state index contributed by atoms with van der Waals surface area (Å²) in [4.78, 5) is 0. The highest BCUT2D eigenvalue weighted by atomic mass is 35.5. The van der Waals surface area contributed by atoms with E-state index in [2.05, 4.69) is 5.16 Å². The molecule has 1 atom stereocenters. The molecule has 2 aromatic rings. The number of rotatable bonds is 4. The second-order valence-electron chi connectivity index (χ2n) is 4.56. The van der Waals surface area contributed by atoms with Gasteiger partial charge in [0.2, 0.25) is 0 Å². The molecule has 0 amide bonds. The molecular formula is C14H17ClN2O2. The van der Waals surface area contributed by atoms with Crippen molar-refractivity contribution in [3.63, 3.8) is 0 Å². The molecule has 2 N–H and O–H groups in total. The molecule has 0 aliphatic carbocycles. The molecule has 1 aromatic heterocycles. The lowest BCUT2D eigenvalue weighted by Gasteiger charge is -2.14. The molecule has 0 aliphatic rings. The van der Waals surface area contributed by atoms with Crippen molar-refractivity contribution in [1.82, 2.24) is 5.16 Å². The quantitative estimate of drug-likeness (QED) is 0.930. The fourth-order valence-electron chi connectivity index (χ4n) is 1.86. The molecule has 2 rings (SSSR count). The highest BCUT2D eigenvalue weighted by Gasteiger charge is 2.13. The molecule has 102 valence electrons. The van der Waals surface area contributed by atoms with E-state index in [1.807, 2.05) is 32.9 Å². The third-order valence-corrected chi connectivity index (χ3v) is 3.25. The number of nitrogens with zero attached hydrogens (tertiary/aromatic N) is 1. The summed E-state index contributed by atoms with van der Waals surface area (Å²) in [6.07, 6.45) is 0. The number of aryl methyl sites for hydroxylation is 2. The maximum absolute atomic E-state index is 5.97. The van der Waals surface area contributed by atoms with Crippen molar-refractivity contribution in [2.45, 2.75) is 33.4 Å². The van der Waals surface area contributed by atoms with E-state index in [0.29, 0.717) is 11.6 Å². The van der Waals surface area contributed by atoms with Gasteiger partial charge in [-0.1, -0.05) is 16.8 Å². The molecule has 0 bridgehead atoms. The normalized spacial score (nSPS) is 12.5. The van der Waals surface area contributed by atoms with E-state index in [0.717, 1.165) is 28.3 Å². The lowest BCUT2D eigenvalue weighted by Crippen LogP contribution is -2.08. The third-order valence-electron chi connectivity index (χ3n) is 3.02. The largest absolute Gasteiger partial charge is 0.488 e. The Morgan fingerprint density at radius 2 is 2.16 bits per heavy atom. The zero-order valence-electron chi connectivity index (χ0n) is 11.2. The van der Waals surface area contributed by atoms with Gasteiger partial charge in [-0.2, -0.15) is 0 Å². The Kier molecular flexibility index (Phi) is 4.12. The van der Waals surface area contributed by atoms with E-state index >= 15 is 0 Å². The number of halogens is 1. The van der Waals surface area contributed by atoms with Gasteiger partial charge in [0.15, 0.2) is 0 Å². The first-order valence-corrected chi connectivity index (χ1v) is 6.46. The van der Waals surface area contributed by atoms with Gasteiger partial charge in [-0.15, -0.1) is 0 Å². The number of hydrogen-bond donors (Lipinski definition) is 1. The van der Waals surface area contributed by atoms with Gasteiger partial charge in [0, 0.05) is 16.6 Å². The molecule has 0 saturated carbocycles. The molecule has 0 unspecified atom stereocenters. The van der Waals surface area contributed by atoms with E-state index in [-0.39, 0.29) is 6.04 Å². The zero-order chi connectivity index (χ0) is 14.0. The second-order valence-corrected chi connectivity index (χ2v) is 5.00. The first-order chi connectivity index (χ1) is 8.99. The Labute approximate surface area is 117 Å². The second kappa shape index (κ2) is 5.63. The van der Waals surface area contributed by atoms with E-state index < -0.39 is 0 Å². The Hall–Kier alpha value is -1.52. The Morgan fingerprint density at radius 3 is 2.74 bits per heavy atom. The molecular weight excluding hydrogens is 264 g/mol. The fourth-order valence-corrected chi connectivity index (χ4v) is 2.05. The van der Waals surface area contributed by atoms with Gasteiger partial charge in [0.25, 0.3) is 0 Å². The van der Waals surface area contributed by atoms with Crippen molar-refractivity contribution in [1.29, 1.82) is 0 Å². The summed E-state index contributed by atoms with van der Waals surface area (Å²) >= 11 is 5.97. The molecule has 1 aromatic carbocycles. The van der Waals surface area contributed by atoms with Crippen LogP contribution in [0.5, 0.6) is 5.75 Å². The fraction of sp³-hybridized carbons (Fsp3) is 0.357. The molecule has 1 heterocycles. The van der Waals surface area contributed by atoms with Crippen LogP contribution in [-0.2, 0) is 6.61 Å². The van der Waals surface area contributed by atoms with Crippen LogP contribution in [0.1, 0.15) is 35.5 Å². The minimum atomic E-state index is -0.140. The maximum atomic E-state index is 5.97. The summed E-state index contributed by atoms with van der Waals surface area (Å²) in [5, 5.41) is 4.55. The van der Waals surface area contributed by atoms with Crippen LogP contribution < -0.4 is 10.5 Å². The molecule has 19 heavy (non-hydrogen) atoms. The number of nitrogens with two attached hydrogens (primary N) is 1. The summed E-state index contributed by atoms with van der Waals surface area (Å²) < 4.78 is 10.9. The van der Waals surface area contributed by atoms with Gasteiger partial charge in [-0.3, -0.25) is 0 Å². The highest BCUT2D eigenvalue weighted by molar-refractivity contribution is 6.30. The van der Waals surface area contributed by atoms with E-state index in [9.17, 15) is 0 Å². The molecule has 4 nitrogen and oxygen atoms in total. The van der Waals surface area contributed by atoms with E-state index in [1.54, 1.807) is 6.07 Å². The average molecular weight is 281 g/mol. The third kappa shape index (κ3) is 3.08. The topological polar surface area (TPSA) is 61.3 Å². The smallest absolute Gasteiger partial charge is 0.140 e. The summed E-state index contributed by atoms with van der Waals surface area (Å²) in [5.41, 5.74) is 8.62. The Bertz CT molecular complexity index is 559. The lowest BCUT2D eigenvalue weighted by atomic mass is 10.1. The van der Waals surface area contributed by atoms with Crippen molar-refractivity contribution < 1.29 is 9.26 Å². The number of benzene rings is 1. The summed E-state index contributed by atoms with van der Waals surface area (Å²) in [6.45, 7) is 6.06. The van der Waals surface area contributed by atoms with E-state index in [1.165, 1.54) is 0 Å². The van der Waals surface area contributed by atoms with Gasteiger partial charge in [0.1, 0.15) is 18.1 Å². The van der Waals surface area contributed by atoms with Crippen molar-refractivity contribution in [2.24, 2.45) is 5.73 Å². The van der Waals surface area contributed by atoms with Crippen LogP contribution >= 0.6 is 11.6 Å². The molecule has 0 saturated heterocycles. The molecule has 0 aliphatic heterocycles. The standard InChI is InChI=1S/C14H17ClN2O2/c1-8(16)12-6-11(15)4-5-14(12)18-7-13-9(2)17-19-10(13)3/h4-6,8H,7,16H2,1-3H3/t8-/m1/s1. The molecule has 0 spiro atoms.